The third kappa shape index (κ3) is 5.28. The second-order valence-corrected chi connectivity index (χ2v) is 2.21. The van der Waals surface area contributed by atoms with Gasteiger partial charge in [-0.25, -0.2) is 0 Å². The number of aldehydes is 1. The predicted molar refractivity (Wildman–Crippen MR) is 39.3 cm³/mol. The zero-order valence-corrected chi connectivity index (χ0v) is 6.02. The molecule has 0 amide bonds. The lowest BCUT2D eigenvalue weighted by Gasteiger charge is -1.97. The predicted octanol–water partition coefficient (Wildman–Crippen LogP) is 2.32. The quantitative estimate of drug-likeness (QED) is 0.408. The average molecular weight is 126 g/mol. The standard InChI is InChI=1S/C8H14O/c1-3-5-8(2)6-4-7-9/h7H,2-6H2,1H3. The molecule has 9 heavy (non-hydrogen) atoms. The van der Waals surface area contributed by atoms with Gasteiger partial charge >= 0.3 is 0 Å². The number of hydrogen-bond donors (Lipinski definition) is 0. The van der Waals surface area contributed by atoms with Crippen molar-refractivity contribution in [3.8, 4) is 0 Å². The van der Waals surface area contributed by atoms with Crippen LogP contribution in [0.4, 0.5) is 0 Å². The van der Waals surface area contributed by atoms with Crippen molar-refractivity contribution in [1.82, 2.24) is 0 Å². The van der Waals surface area contributed by atoms with Crippen LogP contribution in [-0.2, 0) is 4.79 Å². The van der Waals surface area contributed by atoms with Crippen molar-refractivity contribution < 1.29 is 4.79 Å². The molecule has 52 valence electrons. The Morgan fingerprint density at radius 1 is 1.56 bits per heavy atom. The van der Waals surface area contributed by atoms with E-state index in [2.05, 4.69) is 13.5 Å². The molecule has 1 nitrogen and oxygen atoms in total. The summed E-state index contributed by atoms with van der Waals surface area (Å²) in [6.07, 6.45) is 4.66. The second-order valence-electron chi connectivity index (χ2n) is 2.21. The van der Waals surface area contributed by atoms with E-state index in [1.54, 1.807) is 0 Å². The van der Waals surface area contributed by atoms with E-state index in [1.165, 1.54) is 5.57 Å². The molecule has 0 saturated carbocycles. The summed E-state index contributed by atoms with van der Waals surface area (Å²) in [5.74, 6) is 0. The van der Waals surface area contributed by atoms with E-state index in [4.69, 9.17) is 0 Å². The van der Waals surface area contributed by atoms with Gasteiger partial charge in [-0.15, -0.1) is 0 Å². The van der Waals surface area contributed by atoms with Crippen molar-refractivity contribution in [2.45, 2.75) is 32.6 Å². The van der Waals surface area contributed by atoms with Crippen LogP contribution in [0, 0.1) is 0 Å². The van der Waals surface area contributed by atoms with Crippen molar-refractivity contribution in [2.75, 3.05) is 0 Å². The van der Waals surface area contributed by atoms with Gasteiger partial charge in [0.05, 0.1) is 0 Å². The van der Waals surface area contributed by atoms with E-state index in [0.29, 0.717) is 6.42 Å². The summed E-state index contributed by atoms with van der Waals surface area (Å²) in [4.78, 5) is 9.87. The van der Waals surface area contributed by atoms with Gasteiger partial charge < -0.3 is 4.79 Å². The molecule has 0 heterocycles. The molecule has 0 aliphatic rings. The molecule has 0 radical (unpaired) electrons. The van der Waals surface area contributed by atoms with Gasteiger partial charge in [-0.3, -0.25) is 0 Å². The Bertz CT molecular complexity index is 94.7. The fourth-order valence-corrected chi connectivity index (χ4v) is 0.742. The van der Waals surface area contributed by atoms with Gasteiger partial charge in [0.25, 0.3) is 0 Å². The van der Waals surface area contributed by atoms with Crippen LogP contribution in [0.1, 0.15) is 32.6 Å². The number of hydrogen-bond acceptors (Lipinski definition) is 1. The Labute approximate surface area is 56.8 Å². The van der Waals surface area contributed by atoms with Gasteiger partial charge in [0.2, 0.25) is 0 Å². The highest BCUT2D eigenvalue weighted by Crippen LogP contribution is 2.07. The Hall–Kier alpha value is -0.590. The maximum absolute atomic E-state index is 9.87. The van der Waals surface area contributed by atoms with Gasteiger partial charge in [0.1, 0.15) is 6.29 Å². The fourth-order valence-electron chi connectivity index (χ4n) is 0.742. The Morgan fingerprint density at radius 2 is 2.22 bits per heavy atom. The van der Waals surface area contributed by atoms with E-state index in [1.807, 2.05) is 0 Å². The summed E-state index contributed by atoms with van der Waals surface area (Å²) >= 11 is 0. The van der Waals surface area contributed by atoms with Crippen LogP contribution < -0.4 is 0 Å². The largest absolute Gasteiger partial charge is 0.303 e. The van der Waals surface area contributed by atoms with Gasteiger partial charge in [0, 0.05) is 6.42 Å². The van der Waals surface area contributed by atoms with Crippen LogP contribution in [0.3, 0.4) is 0 Å². The lowest BCUT2D eigenvalue weighted by atomic mass is 10.1. The first-order valence-electron chi connectivity index (χ1n) is 3.41. The summed E-state index contributed by atoms with van der Waals surface area (Å²) in [5, 5.41) is 0. The van der Waals surface area contributed by atoms with Crippen molar-refractivity contribution >= 4 is 6.29 Å². The third-order valence-corrected chi connectivity index (χ3v) is 1.22. The van der Waals surface area contributed by atoms with Crippen LogP contribution in [0.5, 0.6) is 0 Å². The van der Waals surface area contributed by atoms with Gasteiger partial charge in [-0.1, -0.05) is 25.5 Å². The molecule has 0 aliphatic carbocycles. The van der Waals surface area contributed by atoms with E-state index in [9.17, 15) is 4.79 Å². The molecule has 0 N–H and O–H groups in total. The minimum atomic E-state index is 0.638. The van der Waals surface area contributed by atoms with Crippen LogP contribution in [0.15, 0.2) is 12.2 Å². The molecule has 0 atom stereocenters. The second kappa shape index (κ2) is 5.54. The molecule has 0 aliphatic heterocycles. The number of carbonyl (C=O) groups is 1. The molecule has 0 aromatic heterocycles. The van der Waals surface area contributed by atoms with E-state index in [-0.39, 0.29) is 0 Å². The molecule has 0 aromatic carbocycles. The topological polar surface area (TPSA) is 17.1 Å². The van der Waals surface area contributed by atoms with E-state index in [0.717, 1.165) is 25.5 Å². The normalized spacial score (nSPS) is 9.00. The zero-order chi connectivity index (χ0) is 7.11. The number of carbonyl (C=O) groups excluding carboxylic acids is 1. The third-order valence-electron chi connectivity index (χ3n) is 1.22. The average Bonchev–Trinajstić information content (AvgIpc) is 1.85. The minimum Gasteiger partial charge on any atom is -0.303 e. The van der Waals surface area contributed by atoms with E-state index < -0.39 is 0 Å². The minimum absolute atomic E-state index is 0.638. The Balaban J connectivity index is 3.16. The molecular weight excluding hydrogens is 112 g/mol. The first-order chi connectivity index (χ1) is 4.31. The van der Waals surface area contributed by atoms with Crippen molar-refractivity contribution in [2.24, 2.45) is 0 Å². The molecular formula is C8H14O. The summed E-state index contributed by atoms with van der Waals surface area (Å²) in [7, 11) is 0. The number of allylic oxidation sites excluding steroid dienone is 1. The highest BCUT2D eigenvalue weighted by atomic mass is 16.1. The monoisotopic (exact) mass is 126 g/mol. The van der Waals surface area contributed by atoms with Crippen molar-refractivity contribution in [3.63, 3.8) is 0 Å². The Morgan fingerprint density at radius 3 is 2.67 bits per heavy atom. The maximum atomic E-state index is 9.87. The number of rotatable bonds is 5. The zero-order valence-electron chi connectivity index (χ0n) is 6.02. The van der Waals surface area contributed by atoms with Crippen molar-refractivity contribution in [1.29, 1.82) is 0 Å². The van der Waals surface area contributed by atoms with Crippen LogP contribution in [0.25, 0.3) is 0 Å². The highest BCUT2D eigenvalue weighted by molar-refractivity contribution is 5.49. The first-order valence-corrected chi connectivity index (χ1v) is 3.41. The smallest absolute Gasteiger partial charge is 0.120 e. The summed E-state index contributed by atoms with van der Waals surface area (Å²) in [6, 6.07) is 0. The van der Waals surface area contributed by atoms with Crippen LogP contribution in [0.2, 0.25) is 0 Å². The van der Waals surface area contributed by atoms with Gasteiger partial charge in [-0.05, 0) is 12.8 Å². The van der Waals surface area contributed by atoms with Crippen LogP contribution >= 0.6 is 0 Å². The maximum Gasteiger partial charge on any atom is 0.120 e. The molecule has 0 unspecified atom stereocenters. The van der Waals surface area contributed by atoms with Crippen molar-refractivity contribution in [3.05, 3.63) is 12.2 Å². The molecule has 0 spiro atoms. The van der Waals surface area contributed by atoms with E-state index >= 15 is 0 Å². The molecule has 0 bridgehead atoms. The summed E-state index contributed by atoms with van der Waals surface area (Å²) in [6.45, 7) is 5.94. The lowest BCUT2D eigenvalue weighted by molar-refractivity contribution is -0.107. The van der Waals surface area contributed by atoms with Crippen LogP contribution in [-0.4, -0.2) is 6.29 Å². The molecule has 0 fully saturated rings. The molecule has 0 aromatic rings. The lowest BCUT2D eigenvalue weighted by Crippen LogP contribution is -1.81. The summed E-state index contributed by atoms with van der Waals surface area (Å²) < 4.78 is 0. The fraction of sp³-hybridized carbons (Fsp3) is 0.625. The molecule has 0 saturated heterocycles. The van der Waals surface area contributed by atoms with Gasteiger partial charge in [0.15, 0.2) is 0 Å². The summed E-state index contributed by atoms with van der Waals surface area (Å²) in [5.41, 5.74) is 1.20. The first kappa shape index (κ1) is 8.41. The molecule has 0 rings (SSSR count). The molecule has 1 heteroatoms. The van der Waals surface area contributed by atoms with Gasteiger partial charge in [-0.2, -0.15) is 0 Å². The Kier molecular flexibility index (Phi) is 5.18. The highest BCUT2D eigenvalue weighted by Gasteiger charge is 1.90. The SMILES string of the molecule is C=C(CCC)CCC=O.